The van der Waals surface area contributed by atoms with E-state index in [0.29, 0.717) is 17.1 Å². The van der Waals surface area contributed by atoms with Crippen molar-refractivity contribution in [2.45, 2.75) is 30.1 Å². The molecule has 0 radical (unpaired) electrons. The van der Waals surface area contributed by atoms with E-state index in [1.54, 1.807) is 17.5 Å². The molecule has 0 aliphatic carbocycles. The monoisotopic (exact) mass is 361 g/mol. The Morgan fingerprint density at radius 2 is 2.00 bits per heavy atom. The summed E-state index contributed by atoms with van der Waals surface area (Å²) in [5.41, 5.74) is 0. The highest BCUT2D eigenvalue weighted by molar-refractivity contribution is 7.91. The predicted octanol–water partition coefficient (Wildman–Crippen LogP) is 1.25. The van der Waals surface area contributed by atoms with Crippen molar-refractivity contribution in [3.05, 3.63) is 17.5 Å². The minimum atomic E-state index is -3.48. The number of carbonyl (C=O) groups is 2. The minimum Gasteiger partial charge on any atom is -0.466 e. The number of carbonyl (C=O) groups excluding carboxylic acids is 2. The van der Waals surface area contributed by atoms with Gasteiger partial charge < -0.3 is 9.47 Å². The number of sulfonamides is 1. The Balaban J connectivity index is 1.91. The highest BCUT2D eigenvalue weighted by Gasteiger charge is 2.34. The van der Waals surface area contributed by atoms with E-state index in [1.807, 2.05) is 0 Å². The summed E-state index contributed by atoms with van der Waals surface area (Å²) in [6.45, 7) is 1.96. The summed E-state index contributed by atoms with van der Waals surface area (Å²) in [5.74, 6) is -1.51. The van der Waals surface area contributed by atoms with Crippen LogP contribution in [-0.2, 0) is 29.1 Å². The SMILES string of the molecule is COC(=O)C(C)OC(=O)C1CCN(S(=O)(=O)c2cccs2)CC1. The van der Waals surface area contributed by atoms with Crippen LogP contribution in [0.15, 0.2) is 21.7 Å². The number of piperidine rings is 1. The van der Waals surface area contributed by atoms with Gasteiger partial charge in [0.15, 0.2) is 6.10 Å². The summed E-state index contributed by atoms with van der Waals surface area (Å²) in [6, 6.07) is 3.26. The molecule has 0 amide bonds. The minimum absolute atomic E-state index is 0.257. The number of nitrogens with zero attached hydrogens (tertiary/aromatic N) is 1. The fourth-order valence-electron chi connectivity index (χ4n) is 2.35. The van der Waals surface area contributed by atoms with Gasteiger partial charge in [-0.05, 0) is 31.2 Å². The molecule has 23 heavy (non-hydrogen) atoms. The molecule has 1 saturated heterocycles. The van der Waals surface area contributed by atoms with E-state index >= 15 is 0 Å². The summed E-state index contributed by atoms with van der Waals surface area (Å²) < 4.78 is 36.0. The average Bonchev–Trinajstić information content (AvgIpc) is 3.09. The molecule has 1 fully saturated rings. The van der Waals surface area contributed by atoms with Gasteiger partial charge in [0.1, 0.15) is 4.21 Å². The van der Waals surface area contributed by atoms with E-state index in [9.17, 15) is 18.0 Å². The van der Waals surface area contributed by atoms with Gasteiger partial charge in [-0.3, -0.25) is 4.79 Å². The first-order valence-electron chi connectivity index (χ1n) is 7.18. The molecular weight excluding hydrogens is 342 g/mol. The third-order valence-corrected chi connectivity index (χ3v) is 6.97. The standard InChI is InChI=1S/C14H19NO6S2/c1-10(13(16)20-2)21-14(17)11-5-7-15(8-6-11)23(18,19)12-4-3-9-22-12/h3-4,9-11H,5-8H2,1-2H3. The molecule has 1 unspecified atom stereocenters. The van der Waals surface area contributed by atoms with E-state index in [-0.39, 0.29) is 13.1 Å². The van der Waals surface area contributed by atoms with Crippen LogP contribution in [0.3, 0.4) is 0 Å². The van der Waals surface area contributed by atoms with Crippen molar-refractivity contribution in [1.82, 2.24) is 4.31 Å². The first-order valence-corrected chi connectivity index (χ1v) is 9.50. The van der Waals surface area contributed by atoms with Crippen LogP contribution in [0, 0.1) is 5.92 Å². The number of hydrogen-bond acceptors (Lipinski definition) is 7. The molecule has 2 rings (SSSR count). The lowest BCUT2D eigenvalue weighted by Crippen LogP contribution is -2.41. The number of hydrogen-bond donors (Lipinski definition) is 0. The van der Waals surface area contributed by atoms with Crippen molar-refractivity contribution < 1.29 is 27.5 Å². The average molecular weight is 361 g/mol. The molecule has 128 valence electrons. The summed E-state index contributed by atoms with van der Waals surface area (Å²) in [5, 5.41) is 1.71. The van der Waals surface area contributed by atoms with Gasteiger partial charge in [-0.25, -0.2) is 13.2 Å². The Morgan fingerprint density at radius 1 is 1.35 bits per heavy atom. The van der Waals surface area contributed by atoms with Gasteiger partial charge in [0.2, 0.25) is 0 Å². The second kappa shape index (κ2) is 7.41. The van der Waals surface area contributed by atoms with E-state index in [0.717, 1.165) is 0 Å². The Hall–Kier alpha value is -1.45. The lowest BCUT2D eigenvalue weighted by molar-refractivity contribution is -0.168. The van der Waals surface area contributed by atoms with E-state index in [2.05, 4.69) is 4.74 Å². The van der Waals surface area contributed by atoms with Crippen molar-refractivity contribution in [1.29, 1.82) is 0 Å². The molecule has 0 spiro atoms. The summed E-state index contributed by atoms with van der Waals surface area (Å²) in [4.78, 5) is 23.3. The third kappa shape index (κ3) is 4.10. The number of thiophene rings is 1. The molecule has 0 bridgehead atoms. The zero-order valence-corrected chi connectivity index (χ0v) is 14.6. The normalized spacial score (nSPS) is 18.3. The van der Waals surface area contributed by atoms with Gasteiger partial charge in [-0.2, -0.15) is 4.31 Å². The van der Waals surface area contributed by atoms with E-state index < -0.39 is 34.0 Å². The highest BCUT2D eigenvalue weighted by atomic mass is 32.2. The van der Waals surface area contributed by atoms with Gasteiger partial charge in [0, 0.05) is 13.1 Å². The van der Waals surface area contributed by atoms with Crippen molar-refractivity contribution in [2.24, 2.45) is 5.92 Å². The van der Waals surface area contributed by atoms with Gasteiger partial charge in [0.05, 0.1) is 13.0 Å². The number of rotatable bonds is 5. The number of ether oxygens (including phenoxy) is 2. The molecule has 7 nitrogen and oxygen atoms in total. The molecular formula is C14H19NO6S2. The van der Waals surface area contributed by atoms with Crippen LogP contribution in [0.4, 0.5) is 0 Å². The van der Waals surface area contributed by atoms with Gasteiger partial charge in [0.25, 0.3) is 10.0 Å². The van der Waals surface area contributed by atoms with Crippen molar-refractivity contribution in [2.75, 3.05) is 20.2 Å². The van der Waals surface area contributed by atoms with Crippen LogP contribution in [0.25, 0.3) is 0 Å². The van der Waals surface area contributed by atoms with Crippen LogP contribution in [0.2, 0.25) is 0 Å². The Kier molecular flexibility index (Phi) is 5.77. The molecule has 0 N–H and O–H groups in total. The summed E-state index contributed by atoms with van der Waals surface area (Å²) in [6.07, 6.45) is -0.213. The van der Waals surface area contributed by atoms with E-state index in [4.69, 9.17) is 4.74 Å². The first-order chi connectivity index (χ1) is 10.9. The zero-order chi connectivity index (χ0) is 17.0. The molecule has 1 aliphatic rings. The second-order valence-electron chi connectivity index (χ2n) is 5.21. The molecule has 0 saturated carbocycles. The van der Waals surface area contributed by atoms with Crippen molar-refractivity contribution in [3.8, 4) is 0 Å². The topological polar surface area (TPSA) is 90.0 Å². The van der Waals surface area contributed by atoms with Crippen LogP contribution in [0.1, 0.15) is 19.8 Å². The van der Waals surface area contributed by atoms with Crippen LogP contribution >= 0.6 is 11.3 Å². The Bertz CT molecular complexity index is 647. The largest absolute Gasteiger partial charge is 0.466 e. The quantitative estimate of drug-likeness (QED) is 0.733. The predicted molar refractivity (Wildman–Crippen MR) is 83.4 cm³/mol. The van der Waals surface area contributed by atoms with Crippen LogP contribution in [-0.4, -0.2) is 51.0 Å². The zero-order valence-electron chi connectivity index (χ0n) is 12.9. The maximum atomic E-state index is 12.4. The fourth-order valence-corrected chi connectivity index (χ4v) is 4.97. The number of methoxy groups -OCH3 is 1. The molecule has 2 heterocycles. The first kappa shape index (κ1) is 17.9. The second-order valence-corrected chi connectivity index (χ2v) is 8.33. The van der Waals surface area contributed by atoms with Crippen molar-refractivity contribution in [3.63, 3.8) is 0 Å². The Labute approximate surface area is 139 Å². The fraction of sp³-hybridized carbons (Fsp3) is 0.571. The molecule has 0 aromatic carbocycles. The lowest BCUT2D eigenvalue weighted by Gasteiger charge is -2.30. The van der Waals surface area contributed by atoms with Gasteiger partial charge in [-0.1, -0.05) is 6.07 Å². The smallest absolute Gasteiger partial charge is 0.346 e. The van der Waals surface area contributed by atoms with E-state index in [1.165, 1.54) is 29.7 Å². The summed E-state index contributed by atoms with van der Waals surface area (Å²) >= 11 is 1.17. The molecule has 1 aromatic heterocycles. The van der Waals surface area contributed by atoms with Crippen LogP contribution < -0.4 is 0 Å². The molecule has 9 heteroatoms. The lowest BCUT2D eigenvalue weighted by atomic mass is 9.98. The van der Waals surface area contributed by atoms with Gasteiger partial charge >= 0.3 is 11.9 Å². The van der Waals surface area contributed by atoms with Gasteiger partial charge in [-0.15, -0.1) is 11.3 Å². The molecule has 1 atom stereocenters. The third-order valence-electron chi connectivity index (χ3n) is 3.70. The summed E-state index contributed by atoms with van der Waals surface area (Å²) in [7, 11) is -2.26. The van der Waals surface area contributed by atoms with Crippen molar-refractivity contribution >= 4 is 33.3 Å². The highest BCUT2D eigenvalue weighted by Crippen LogP contribution is 2.27. The van der Waals surface area contributed by atoms with Crippen LogP contribution in [0.5, 0.6) is 0 Å². The maximum Gasteiger partial charge on any atom is 0.346 e. The molecule has 1 aliphatic heterocycles. The molecule has 1 aromatic rings. The maximum absolute atomic E-state index is 12.4. The number of esters is 2. The Morgan fingerprint density at radius 3 is 2.52 bits per heavy atom.